The van der Waals surface area contributed by atoms with Gasteiger partial charge >= 0.3 is 0 Å². The number of fused-ring (bicyclic) bond motifs is 1. The number of nitrogens with one attached hydrogen (secondary N) is 2. The maximum atomic E-state index is 13.5. The van der Waals surface area contributed by atoms with Crippen molar-refractivity contribution in [2.45, 2.75) is 50.8 Å². The zero-order chi connectivity index (χ0) is 24.5. The van der Waals surface area contributed by atoms with Gasteiger partial charge in [-0.1, -0.05) is 6.92 Å². The van der Waals surface area contributed by atoms with E-state index in [1.54, 1.807) is 36.6 Å². The second kappa shape index (κ2) is 9.85. The number of piperazine rings is 1. The van der Waals surface area contributed by atoms with Crippen LogP contribution in [0.3, 0.4) is 0 Å². The molecule has 0 amide bonds. The third-order valence-electron chi connectivity index (χ3n) is 6.17. The number of aromatic amines is 1. The molecular formula is C23H32N6O4S. The highest BCUT2D eigenvalue weighted by Crippen LogP contribution is 2.32. The van der Waals surface area contributed by atoms with Gasteiger partial charge in [0.1, 0.15) is 16.9 Å². The number of nitrogens with zero attached hydrogens (tertiary/aromatic N) is 4. The van der Waals surface area contributed by atoms with Crippen LogP contribution in [0.15, 0.2) is 27.9 Å². The molecule has 34 heavy (non-hydrogen) atoms. The van der Waals surface area contributed by atoms with E-state index in [1.807, 2.05) is 18.7 Å². The number of aryl methyl sites for hydroxylation is 2. The van der Waals surface area contributed by atoms with Gasteiger partial charge < -0.3 is 15.0 Å². The Hall–Kier alpha value is -2.76. The van der Waals surface area contributed by atoms with Crippen molar-refractivity contribution >= 4 is 15.4 Å². The van der Waals surface area contributed by atoms with Crippen molar-refractivity contribution in [2.24, 2.45) is 0 Å². The van der Waals surface area contributed by atoms with Crippen LogP contribution in [0, 0.1) is 6.92 Å². The van der Waals surface area contributed by atoms with E-state index in [0.29, 0.717) is 54.5 Å². The first kappa shape index (κ1) is 24.4. The topological polar surface area (TPSA) is 122 Å². The van der Waals surface area contributed by atoms with Gasteiger partial charge in [0.05, 0.1) is 22.8 Å². The second-order valence-electron chi connectivity index (χ2n) is 8.45. The molecule has 1 atom stereocenters. The minimum absolute atomic E-state index is 0.162. The quantitative estimate of drug-likeness (QED) is 0.492. The number of rotatable bonds is 8. The minimum atomic E-state index is -3.66. The van der Waals surface area contributed by atoms with Gasteiger partial charge in [-0.05, 0) is 45.4 Å². The average Bonchev–Trinajstić information content (AvgIpc) is 3.15. The van der Waals surface area contributed by atoms with Crippen LogP contribution in [-0.4, -0.2) is 71.1 Å². The van der Waals surface area contributed by atoms with E-state index >= 15 is 0 Å². The Bertz CT molecular complexity index is 1340. The van der Waals surface area contributed by atoms with Crippen LogP contribution in [0.4, 0.5) is 0 Å². The van der Waals surface area contributed by atoms with Crippen molar-refractivity contribution in [1.82, 2.24) is 29.8 Å². The number of benzene rings is 1. The molecule has 1 aliphatic heterocycles. The Morgan fingerprint density at radius 1 is 1.21 bits per heavy atom. The van der Waals surface area contributed by atoms with Gasteiger partial charge in [0.25, 0.3) is 5.56 Å². The SMILES string of the molecule is CCCc1nc(C)c2c(=O)[nH]c(-c3cc(S(=O)(=O)C(C)N4CCNCC4)ccc3OCC)nn12. The van der Waals surface area contributed by atoms with Gasteiger partial charge in [-0.25, -0.2) is 17.9 Å². The molecule has 0 radical (unpaired) electrons. The number of aromatic nitrogens is 4. The summed E-state index contributed by atoms with van der Waals surface area (Å²) in [4.78, 5) is 22.4. The number of ether oxygens (including phenoxy) is 1. The fourth-order valence-electron chi connectivity index (χ4n) is 4.33. The number of imidazole rings is 1. The van der Waals surface area contributed by atoms with E-state index in [4.69, 9.17) is 4.74 Å². The highest BCUT2D eigenvalue weighted by molar-refractivity contribution is 7.92. The molecule has 2 aromatic heterocycles. The van der Waals surface area contributed by atoms with E-state index in [9.17, 15) is 13.2 Å². The molecule has 2 N–H and O–H groups in total. The van der Waals surface area contributed by atoms with E-state index in [1.165, 1.54) is 0 Å². The molecule has 1 unspecified atom stereocenters. The van der Waals surface area contributed by atoms with Crippen molar-refractivity contribution in [3.63, 3.8) is 0 Å². The normalized spacial score (nSPS) is 16.1. The van der Waals surface area contributed by atoms with Crippen LogP contribution < -0.4 is 15.6 Å². The summed E-state index contributed by atoms with van der Waals surface area (Å²) in [6.07, 6.45) is 1.52. The highest BCUT2D eigenvalue weighted by atomic mass is 32.2. The predicted octanol–water partition coefficient (Wildman–Crippen LogP) is 1.77. The molecule has 1 aliphatic rings. The monoisotopic (exact) mass is 488 g/mol. The van der Waals surface area contributed by atoms with E-state index < -0.39 is 15.2 Å². The lowest BCUT2D eigenvalue weighted by Gasteiger charge is -2.32. The fourth-order valence-corrected chi connectivity index (χ4v) is 5.87. The lowest BCUT2D eigenvalue weighted by atomic mass is 10.2. The largest absolute Gasteiger partial charge is 0.493 e. The van der Waals surface area contributed by atoms with Gasteiger partial charge in [0.15, 0.2) is 21.2 Å². The number of H-pyrrole nitrogens is 1. The molecule has 4 rings (SSSR count). The summed E-state index contributed by atoms with van der Waals surface area (Å²) in [5.41, 5.74) is 1.08. The molecule has 1 saturated heterocycles. The first-order valence-corrected chi connectivity index (χ1v) is 13.3. The van der Waals surface area contributed by atoms with Crippen LogP contribution in [0.25, 0.3) is 16.9 Å². The number of hydrogen-bond donors (Lipinski definition) is 2. The van der Waals surface area contributed by atoms with E-state index in [-0.39, 0.29) is 16.3 Å². The smallest absolute Gasteiger partial charge is 0.277 e. The molecule has 11 heteroatoms. The number of sulfone groups is 1. The molecule has 1 fully saturated rings. The Balaban J connectivity index is 1.84. The van der Waals surface area contributed by atoms with Crippen molar-refractivity contribution < 1.29 is 13.2 Å². The van der Waals surface area contributed by atoms with Gasteiger partial charge in [0, 0.05) is 32.6 Å². The lowest BCUT2D eigenvalue weighted by molar-refractivity contribution is 0.227. The zero-order valence-electron chi connectivity index (χ0n) is 20.1. The van der Waals surface area contributed by atoms with Gasteiger partial charge in [-0.2, -0.15) is 0 Å². The summed E-state index contributed by atoms with van der Waals surface area (Å²) in [7, 11) is -3.66. The molecule has 3 heterocycles. The molecule has 184 valence electrons. The molecule has 0 aliphatic carbocycles. The molecular weight excluding hydrogens is 456 g/mol. The maximum absolute atomic E-state index is 13.5. The Morgan fingerprint density at radius 3 is 2.62 bits per heavy atom. The predicted molar refractivity (Wildman–Crippen MR) is 130 cm³/mol. The third kappa shape index (κ3) is 4.47. The third-order valence-corrected chi connectivity index (χ3v) is 8.27. The summed E-state index contributed by atoms with van der Waals surface area (Å²) in [5, 5.41) is 7.22. The molecule has 3 aromatic rings. The van der Waals surface area contributed by atoms with Gasteiger partial charge in [-0.15, -0.1) is 5.10 Å². The first-order chi connectivity index (χ1) is 16.3. The highest BCUT2D eigenvalue weighted by Gasteiger charge is 2.31. The van der Waals surface area contributed by atoms with Gasteiger partial charge in [-0.3, -0.25) is 9.69 Å². The van der Waals surface area contributed by atoms with Crippen molar-refractivity contribution in [2.75, 3.05) is 32.8 Å². The van der Waals surface area contributed by atoms with Crippen molar-refractivity contribution in [3.8, 4) is 17.1 Å². The summed E-state index contributed by atoms with van der Waals surface area (Å²) < 4.78 is 34.3. The minimum Gasteiger partial charge on any atom is -0.493 e. The van der Waals surface area contributed by atoms with E-state index in [2.05, 4.69) is 20.4 Å². The summed E-state index contributed by atoms with van der Waals surface area (Å²) >= 11 is 0. The van der Waals surface area contributed by atoms with Crippen LogP contribution in [-0.2, 0) is 16.3 Å². The average molecular weight is 489 g/mol. The summed E-state index contributed by atoms with van der Waals surface area (Å²) in [5.74, 6) is 1.38. The van der Waals surface area contributed by atoms with Crippen LogP contribution in [0.1, 0.15) is 38.7 Å². The molecule has 10 nitrogen and oxygen atoms in total. The standard InChI is InChI=1S/C23H32N6O4S/c1-5-7-20-25-15(3)21-23(30)26-22(27-29(20)21)18-14-17(8-9-19(18)33-6-2)34(31,32)16(4)28-12-10-24-11-13-28/h8-9,14,16,24H,5-7,10-13H2,1-4H3,(H,26,27,30). The Kier molecular flexibility index (Phi) is 7.06. The van der Waals surface area contributed by atoms with Crippen molar-refractivity contribution in [3.05, 3.63) is 40.1 Å². The van der Waals surface area contributed by atoms with Crippen LogP contribution in [0.5, 0.6) is 5.75 Å². The fraction of sp³-hybridized carbons (Fsp3) is 0.522. The molecule has 0 spiro atoms. The molecule has 1 aromatic carbocycles. The first-order valence-electron chi connectivity index (χ1n) is 11.7. The maximum Gasteiger partial charge on any atom is 0.277 e. The molecule has 0 bridgehead atoms. The van der Waals surface area contributed by atoms with Crippen molar-refractivity contribution in [1.29, 1.82) is 0 Å². The van der Waals surface area contributed by atoms with Crippen LogP contribution >= 0.6 is 0 Å². The lowest BCUT2D eigenvalue weighted by Crippen LogP contribution is -2.49. The number of hydrogen-bond acceptors (Lipinski definition) is 8. The summed E-state index contributed by atoms with van der Waals surface area (Å²) in [6.45, 7) is 10.6. The second-order valence-corrected chi connectivity index (χ2v) is 10.7. The Labute approximate surface area is 199 Å². The zero-order valence-corrected chi connectivity index (χ0v) is 20.9. The van der Waals surface area contributed by atoms with E-state index in [0.717, 1.165) is 19.5 Å². The Morgan fingerprint density at radius 2 is 1.94 bits per heavy atom. The van der Waals surface area contributed by atoms with Gasteiger partial charge in [0.2, 0.25) is 0 Å². The summed E-state index contributed by atoms with van der Waals surface area (Å²) in [6, 6.07) is 4.74. The molecule has 0 saturated carbocycles. The van der Waals surface area contributed by atoms with Crippen LogP contribution in [0.2, 0.25) is 0 Å².